The quantitative estimate of drug-likeness (QED) is 0.260. The summed E-state index contributed by atoms with van der Waals surface area (Å²) < 4.78 is 26.1. The van der Waals surface area contributed by atoms with Gasteiger partial charge in [-0.3, -0.25) is 9.10 Å². The van der Waals surface area contributed by atoms with E-state index in [1.54, 1.807) is 54.2 Å². The molecule has 0 heterocycles. The number of halogens is 3. The Balaban J connectivity index is 1.64. The van der Waals surface area contributed by atoms with E-state index in [-0.39, 0.29) is 12.5 Å². The molecule has 0 atom stereocenters. The smallest absolute Gasteiger partial charge is 0.251 e. The van der Waals surface area contributed by atoms with E-state index >= 15 is 0 Å². The molecule has 1 N–H and O–H groups in total. The molecule has 10 heteroatoms. The predicted molar refractivity (Wildman–Crippen MR) is 138 cm³/mol. The number of sulfonamides is 1. The number of thioether (sulfide) groups is 1. The van der Waals surface area contributed by atoms with Gasteiger partial charge in [0.2, 0.25) is 10.0 Å². The van der Waals surface area contributed by atoms with Crippen molar-refractivity contribution >= 4 is 68.2 Å². The third-order valence-corrected chi connectivity index (χ3v) is 7.77. The second-order valence-electron chi connectivity index (χ2n) is 7.08. The molecule has 0 fully saturated rings. The highest BCUT2D eigenvalue weighted by molar-refractivity contribution is 7.99. The average molecular weight is 544 g/mol. The standard InChI is InChI=1S/C23H21Cl3N2O3S2/c1-33(30,31)28(15-20-21(25)3-2-4-22(20)26)18-9-5-16(6-10-18)23(29)27-13-14-32-19-11-7-17(24)8-12-19/h2-12H,13-15H2,1H3,(H,27,29). The van der Waals surface area contributed by atoms with Crippen LogP contribution in [0.25, 0.3) is 0 Å². The van der Waals surface area contributed by atoms with Crippen LogP contribution in [0, 0.1) is 0 Å². The first-order valence-corrected chi connectivity index (χ1v) is 13.8. The summed E-state index contributed by atoms with van der Waals surface area (Å²) in [7, 11) is -3.62. The maximum absolute atomic E-state index is 12.5. The van der Waals surface area contributed by atoms with Gasteiger partial charge in [0.15, 0.2) is 0 Å². The van der Waals surface area contributed by atoms with Gasteiger partial charge in [-0.2, -0.15) is 0 Å². The van der Waals surface area contributed by atoms with Crippen LogP contribution in [0.4, 0.5) is 5.69 Å². The average Bonchev–Trinajstić information content (AvgIpc) is 2.77. The van der Waals surface area contributed by atoms with Crippen molar-refractivity contribution in [3.8, 4) is 0 Å². The van der Waals surface area contributed by atoms with Gasteiger partial charge in [-0.05, 0) is 60.7 Å². The Morgan fingerprint density at radius 3 is 2.12 bits per heavy atom. The monoisotopic (exact) mass is 542 g/mol. The highest BCUT2D eigenvalue weighted by Gasteiger charge is 2.21. The number of benzene rings is 3. The van der Waals surface area contributed by atoms with Gasteiger partial charge in [0.1, 0.15) is 0 Å². The fourth-order valence-corrected chi connectivity index (χ4v) is 5.25. The lowest BCUT2D eigenvalue weighted by atomic mass is 10.1. The second kappa shape index (κ2) is 11.5. The van der Waals surface area contributed by atoms with Gasteiger partial charge in [-0.1, -0.05) is 40.9 Å². The van der Waals surface area contributed by atoms with Crippen LogP contribution in [-0.4, -0.2) is 32.9 Å². The number of carbonyl (C=O) groups excluding carboxylic acids is 1. The number of nitrogens with one attached hydrogen (secondary N) is 1. The Morgan fingerprint density at radius 2 is 1.55 bits per heavy atom. The summed E-state index contributed by atoms with van der Waals surface area (Å²) >= 11 is 19.9. The maximum atomic E-state index is 12.5. The van der Waals surface area contributed by atoms with Crippen LogP contribution in [0.15, 0.2) is 71.6 Å². The summed E-state index contributed by atoms with van der Waals surface area (Å²) in [5, 5.41) is 4.30. The van der Waals surface area contributed by atoms with Gasteiger partial charge in [0, 0.05) is 43.4 Å². The van der Waals surface area contributed by atoms with Crippen LogP contribution in [0.1, 0.15) is 15.9 Å². The zero-order valence-electron chi connectivity index (χ0n) is 17.6. The molecule has 0 aliphatic carbocycles. The molecular weight excluding hydrogens is 523 g/mol. The molecule has 1 amide bonds. The molecule has 174 valence electrons. The number of carbonyl (C=O) groups is 1. The molecule has 0 bridgehead atoms. The molecule has 0 saturated heterocycles. The lowest BCUT2D eigenvalue weighted by Gasteiger charge is -2.23. The van der Waals surface area contributed by atoms with Crippen molar-refractivity contribution in [2.24, 2.45) is 0 Å². The summed E-state index contributed by atoms with van der Waals surface area (Å²) in [6, 6.07) is 18.9. The van der Waals surface area contributed by atoms with Crippen LogP contribution in [-0.2, 0) is 16.6 Å². The first-order chi connectivity index (χ1) is 15.6. The van der Waals surface area contributed by atoms with Crippen LogP contribution >= 0.6 is 46.6 Å². The summed E-state index contributed by atoms with van der Waals surface area (Å²) in [6.07, 6.45) is 1.11. The summed E-state index contributed by atoms with van der Waals surface area (Å²) in [5.74, 6) is 0.463. The third kappa shape index (κ3) is 7.29. The largest absolute Gasteiger partial charge is 0.351 e. The molecule has 3 aromatic rings. The number of hydrogen-bond donors (Lipinski definition) is 1. The van der Waals surface area contributed by atoms with Crippen molar-refractivity contribution in [2.75, 3.05) is 22.9 Å². The highest BCUT2D eigenvalue weighted by atomic mass is 35.5. The first-order valence-electron chi connectivity index (χ1n) is 9.82. The second-order valence-corrected chi connectivity index (χ2v) is 11.4. The lowest BCUT2D eigenvalue weighted by molar-refractivity contribution is 0.0956. The van der Waals surface area contributed by atoms with E-state index in [1.165, 1.54) is 4.31 Å². The van der Waals surface area contributed by atoms with Gasteiger partial charge < -0.3 is 5.32 Å². The fourth-order valence-electron chi connectivity index (χ4n) is 2.97. The SMILES string of the molecule is CS(=O)(=O)N(Cc1c(Cl)cccc1Cl)c1ccc(C(=O)NCCSc2ccc(Cl)cc2)cc1. The Morgan fingerprint density at radius 1 is 0.939 bits per heavy atom. The zero-order valence-corrected chi connectivity index (χ0v) is 21.5. The molecular formula is C23H21Cl3N2O3S2. The molecule has 3 aromatic carbocycles. The van der Waals surface area contributed by atoms with Crippen LogP contribution in [0.3, 0.4) is 0 Å². The number of rotatable bonds is 9. The fraction of sp³-hybridized carbons (Fsp3) is 0.174. The molecule has 3 rings (SSSR count). The summed E-state index contributed by atoms with van der Waals surface area (Å²) in [5.41, 5.74) is 1.34. The minimum atomic E-state index is -3.62. The molecule has 5 nitrogen and oxygen atoms in total. The van der Waals surface area contributed by atoms with E-state index in [2.05, 4.69) is 5.32 Å². The number of amides is 1. The van der Waals surface area contributed by atoms with E-state index in [0.29, 0.717) is 44.2 Å². The normalized spacial score (nSPS) is 11.3. The minimum Gasteiger partial charge on any atom is -0.351 e. The van der Waals surface area contributed by atoms with Crippen molar-refractivity contribution in [3.63, 3.8) is 0 Å². The molecule has 0 spiro atoms. The predicted octanol–water partition coefficient (Wildman–Crippen LogP) is 6.14. The summed E-state index contributed by atoms with van der Waals surface area (Å²) in [6.45, 7) is 0.457. The Labute approximate surface area is 213 Å². The van der Waals surface area contributed by atoms with Gasteiger partial charge in [-0.15, -0.1) is 11.8 Å². The van der Waals surface area contributed by atoms with Crippen molar-refractivity contribution in [2.45, 2.75) is 11.4 Å². The highest BCUT2D eigenvalue weighted by Crippen LogP contribution is 2.29. The molecule has 0 aromatic heterocycles. The van der Waals surface area contributed by atoms with Crippen molar-refractivity contribution in [1.29, 1.82) is 0 Å². The number of hydrogen-bond acceptors (Lipinski definition) is 4. The van der Waals surface area contributed by atoms with Crippen molar-refractivity contribution in [1.82, 2.24) is 5.32 Å². The van der Waals surface area contributed by atoms with E-state index in [9.17, 15) is 13.2 Å². The Bertz CT molecular complexity index is 1200. The molecule has 33 heavy (non-hydrogen) atoms. The van der Waals surface area contributed by atoms with Gasteiger partial charge in [0.25, 0.3) is 5.91 Å². The first kappa shape index (κ1) is 25.7. The minimum absolute atomic E-state index is 0.0230. The Hall–Kier alpha value is -1.90. The van der Waals surface area contributed by atoms with E-state index < -0.39 is 10.0 Å². The van der Waals surface area contributed by atoms with Gasteiger partial charge >= 0.3 is 0 Å². The van der Waals surface area contributed by atoms with E-state index in [4.69, 9.17) is 34.8 Å². The van der Waals surface area contributed by atoms with Crippen molar-refractivity contribution < 1.29 is 13.2 Å². The summed E-state index contributed by atoms with van der Waals surface area (Å²) in [4.78, 5) is 13.5. The molecule has 0 aliphatic rings. The van der Waals surface area contributed by atoms with Crippen molar-refractivity contribution in [3.05, 3.63) is 92.9 Å². The van der Waals surface area contributed by atoms with Crippen LogP contribution in [0.2, 0.25) is 15.1 Å². The van der Waals surface area contributed by atoms with Gasteiger partial charge in [0.05, 0.1) is 18.5 Å². The number of nitrogens with zero attached hydrogens (tertiary/aromatic N) is 1. The van der Waals surface area contributed by atoms with Crippen LogP contribution < -0.4 is 9.62 Å². The zero-order chi connectivity index (χ0) is 24.0. The van der Waals surface area contributed by atoms with E-state index in [0.717, 1.165) is 11.2 Å². The molecule has 0 radical (unpaired) electrons. The molecule has 0 unspecified atom stereocenters. The number of anilines is 1. The molecule has 0 aliphatic heterocycles. The third-order valence-electron chi connectivity index (χ3n) is 4.65. The molecule has 0 saturated carbocycles. The lowest BCUT2D eigenvalue weighted by Crippen LogP contribution is -2.30. The topological polar surface area (TPSA) is 66.5 Å². The Kier molecular flexibility index (Phi) is 8.95. The van der Waals surface area contributed by atoms with Gasteiger partial charge in [-0.25, -0.2) is 8.42 Å². The van der Waals surface area contributed by atoms with Crippen LogP contribution in [0.5, 0.6) is 0 Å². The maximum Gasteiger partial charge on any atom is 0.251 e. The van der Waals surface area contributed by atoms with E-state index in [1.807, 2.05) is 24.3 Å².